The van der Waals surface area contributed by atoms with Crippen LogP contribution in [0.25, 0.3) is 0 Å². The highest BCUT2D eigenvalue weighted by Gasteiger charge is 2.24. The molecule has 0 spiro atoms. The monoisotopic (exact) mass is 368 g/mol. The van der Waals surface area contributed by atoms with Crippen molar-refractivity contribution in [1.82, 2.24) is 15.1 Å². The number of hydrogen-bond acceptors (Lipinski definition) is 6. The molecule has 1 aromatic rings. The van der Waals surface area contributed by atoms with Crippen molar-refractivity contribution in [3.63, 3.8) is 0 Å². The van der Waals surface area contributed by atoms with E-state index in [0.29, 0.717) is 6.04 Å². The predicted octanol–water partition coefficient (Wildman–Crippen LogP) is 4.17. The molecule has 1 amide bonds. The summed E-state index contributed by atoms with van der Waals surface area (Å²) in [4.78, 5) is 14.7. The van der Waals surface area contributed by atoms with Gasteiger partial charge in [-0.2, -0.15) is 0 Å². The number of carbonyl (C=O) groups is 1. The number of amides is 1. The lowest BCUT2D eigenvalue weighted by Crippen LogP contribution is -2.37. The molecule has 1 aliphatic heterocycles. The Morgan fingerprint density at radius 3 is 2.50 bits per heavy atom. The van der Waals surface area contributed by atoms with Gasteiger partial charge in [-0.25, -0.2) is 0 Å². The van der Waals surface area contributed by atoms with Gasteiger partial charge in [0.05, 0.1) is 5.25 Å². The number of aromatic nitrogens is 2. The first-order chi connectivity index (χ1) is 11.7. The standard InChI is InChI=1S/C17H28N4OS2/c1-13(15(22)21-11-7-2-3-8-12-21)23-17-20-19-16(24-17)18-14-9-5-4-6-10-14/h13-14H,2-12H2,1H3,(H,18,19). The second kappa shape index (κ2) is 9.04. The van der Waals surface area contributed by atoms with Crippen LogP contribution in [0, 0.1) is 0 Å². The fourth-order valence-electron chi connectivity index (χ4n) is 3.49. The molecule has 1 atom stereocenters. The molecule has 134 valence electrons. The van der Waals surface area contributed by atoms with E-state index >= 15 is 0 Å². The zero-order valence-electron chi connectivity index (χ0n) is 14.5. The first-order valence-corrected chi connectivity index (χ1v) is 11.0. The third kappa shape index (κ3) is 5.09. The molecule has 3 rings (SSSR count). The summed E-state index contributed by atoms with van der Waals surface area (Å²) >= 11 is 3.13. The number of hydrogen-bond donors (Lipinski definition) is 1. The van der Waals surface area contributed by atoms with Crippen molar-refractivity contribution in [3.05, 3.63) is 0 Å². The van der Waals surface area contributed by atoms with E-state index in [0.717, 1.165) is 35.4 Å². The van der Waals surface area contributed by atoms with E-state index in [9.17, 15) is 4.79 Å². The third-order valence-corrected chi connectivity index (χ3v) is 6.91. The van der Waals surface area contributed by atoms with Gasteiger partial charge < -0.3 is 10.2 Å². The summed E-state index contributed by atoms with van der Waals surface area (Å²) in [5, 5.41) is 12.9. The van der Waals surface area contributed by atoms with E-state index in [1.165, 1.54) is 44.9 Å². The summed E-state index contributed by atoms with van der Waals surface area (Å²) in [6.45, 7) is 3.82. The first kappa shape index (κ1) is 18.0. The van der Waals surface area contributed by atoms with Crippen molar-refractivity contribution in [2.24, 2.45) is 0 Å². The Bertz CT molecular complexity index is 522. The van der Waals surface area contributed by atoms with Crippen molar-refractivity contribution in [2.45, 2.75) is 80.3 Å². The average molecular weight is 369 g/mol. The zero-order valence-corrected chi connectivity index (χ0v) is 16.1. The summed E-state index contributed by atoms with van der Waals surface area (Å²) < 4.78 is 0.893. The third-order valence-electron chi connectivity index (χ3n) is 4.88. The van der Waals surface area contributed by atoms with Crippen molar-refractivity contribution >= 4 is 34.1 Å². The fourth-order valence-corrected chi connectivity index (χ4v) is 5.54. The van der Waals surface area contributed by atoms with Crippen LogP contribution in [0.3, 0.4) is 0 Å². The molecule has 1 unspecified atom stereocenters. The van der Waals surface area contributed by atoms with Crippen LogP contribution in [-0.2, 0) is 4.79 Å². The van der Waals surface area contributed by atoms with E-state index in [2.05, 4.69) is 15.5 Å². The Morgan fingerprint density at radius 2 is 1.79 bits per heavy atom. The number of anilines is 1. The van der Waals surface area contributed by atoms with Crippen molar-refractivity contribution in [2.75, 3.05) is 18.4 Å². The summed E-state index contributed by atoms with van der Waals surface area (Å²) in [5.41, 5.74) is 0. The van der Waals surface area contributed by atoms with E-state index in [1.54, 1.807) is 23.1 Å². The topological polar surface area (TPSA) is 58.1 Å². The number of carbonyl (C=O) groups excluding carboxylic acids is 1. The molecule has 1 aliphatic carbocycles. The van der Waals surface area contributed by atoms with Crippen LogP contribution < -0.4 is 5.32 Å². The van der Waals surface area contributed by atoms with Crippen LogP contribution in [-0.4, -0.2) is 45.4 Å². The Balaban J connectivity index is 1.50. The maximum Gasteiger partial charge on any atom is 0.235 e. The fraction of sp³-hybridized carbons (Fsp3) is 0.824. The molecule has 0 radical (unpaired) electrons. The molecular formula is C17H28N4OS2. The lowest BCUT2D eigenvalue weighted by molar-refractivity contribution is -0.130. The highest BCUT2D eigenvalue weighted by molar-refractivity contribution is 8.02. The normalized spacial score (nSPS) is 21.3. The number of nitrogens with zero attached hydrogens (tertiary/aromatic N) is 3. The molecule has 1 saturated carbocycles. The van der Waals surface area contributed by atoms with Crippen LogP contribution in [0.4, 0.5) is 5.13 Å². The van der Waals surface area contributed by atoms with Gasteiger partial charge in [0.15, 0.2) is 4.34 Å². The zero-order chi connectivity index (χ0) is 16.8. The van der Waals surface area contributed by atoms with Crippen LogP contribution >= 0.6 is 23.1 Å². The minimum Gasteiger partial charge on any atom is -0.357 e. The van der Waals surface area contributed by atoms with Gasteiger partial charge in [0.25, 0.3) is 0 Å². The van der Waals surface area contributed by atoms with E-state index < -0.39 is 0 Å². The molecule has 2 aliphatic rings. The average Bonchev–Trinajstić information content (AvgIpc) is 2.86. The number of thioether (sulfide) groups is 1. The van der Waals surface area contributed by atoms with Gasteiger partial charge in [0.2, 0.25) is 11.0 Å². The lowest BCUT2D eigenvalue weighted by atomic mass is 9.96. The predicted molar refractivity (Wildman–Crippen MR) is 101 cm³/mol. The van der Waals surface area contributed by atoms with Crippen molar-refractivity contribution in [1.29, 1.82) is 0 Å². The molecule has 2 fully saturated rings. The van der Waals surface area contributed by atoms with Gasteiger partial charge in [0, 0.05) is 19.1 Å². The lowest BCUT2D eigenvalue weighted by Gasteiger charge is -2.23. The van der Waals surface area contributed by atoms with Crippen molar-refractivity contribution < 1.29 is 4.79 Å². The minimum absolute atomic E-state index is 0.0846. The second-order valence-corrected chi connectivity index (χ2v) is 9.42. The molecular weight excluding hydrogens is 340 g/mol. The largest absolute Gasteiger partial charge is 0.357 e. The number of nitrogens with one attached hydrogen (secondary N) is 1. The van der Waals surface area contributed by atoms with E-state index in [-0.39, 0.29) is 11.2 Å². The highest BCUT2D eigenvalue weighted by atomic mass is 32.2. The molecule has 24 heavy (non-hydrogen) atoms. The number of rotatable bonds is 5. The molecule has 2 heterocycles. The van der Waals surface area contributed by atoms with Gasteiger partial charge in [-0.1, -0.05) is 55.2 Å². The second-order valence-electron chi connectivity index (χ2n) is 6.85. The molecule has 0 bridgehead atoms. The Morgan fingerprint density at radius 1 is 1.12 bits per heavy atom. The van der Waals surface area contributed by atoms with E-state index in [1.807, 2.05) is 11.8 Å². The SMILES string of the molecule is CC(Sc1nnc(NC2CCCCC2)s1)C(=O)N1CCCCCC1. The summed E-state index contributed by atoms with van der Waals surface area (Å²) in [6.07, 6.45) is 11.2. The molecule has 1 saturated heterocycles. The summed E-state index contributed by atoms with van der Waals surface area (Å²) in [7, 11) is 0. The molecule has 7 heteroatoms. The van der Waals surface area contributed by atoms with Gasteiger partial charge in [-0.15, -0.1) is 10.2 Å². The maximum atomic E-state index is 12.6. The Labute approximate surface area is 153 Å². The van der Waals surface area contributed by atoms with Gasteiger partial charge in [0.1, 0.15) is 0 Å². The van der Waals surface area contributed by atoms with Gasteiger partial charge in [-0.3, -0.25) is 4.79 Å². The van der Waals surface area contributed by atoms with E-state index in [4.69, 9.17) is 0 Å². The van der Waals surface area contributed by atoms with Crippen LogP contribution in [0.2, 0.25) is 0 Å². The summed E-state index contributed by atoms with van der Waals surface area (Å²) in [6, 6.07) is 0.542. The van der Waals surface area contributed by atoms with Crippen molar-refractivity contribution in [3.8, 4) is 0 Å². The highest BCUT2D eigenvalue weighted by Crippen LogP contribution is 2.31. The quantitative estimate of drug-likeness (QED) is 0.791. The van der Waals surface area contributed by atoms with Crippen LogP contribution in [0.5, 0.6) is 0 Å². The summed E-state index contributed by atoms with van der Waals surface area (Å²) in [5.74, 6) is 0.249. The van der Waals surface area contributed by atoms with Crippen LogP contribution in [0.15, 0.2) is 4.34 Å². The maximum absolute atomic E-state index is 12.6. The number of likely N-dealkylation sites (tertiary alicyclic amines) is 1. The van der Waals surface area contributed by atoms with Gasteiger partial charge in [-0.05, 0) is 32.6 Å². The molecule has 5 nitrogen and oxygen atoms in total. The smallest absolute Gasteiger partial charge is 0.235 e. The Hall–Kier alpha value is -0.820. The van der Waals surface area contributed by atoms with Crippen LogP contribution in [0.1, 0.15) is 64.7 Å². The Kier molecular flexibility index (Phi) is 6.77. The molecule has 1 aromatic heterocycles. The first-order valence-electron chi connectivity index (χ1n) is 9.28. The minimum atomic E-state index is -0.0846. The van der Waals surface area contributed by atoms with Gasteiger partial charge >= 0.3 is 0 Å². The molecule has 0 aromatic carbocycles. The molecule has 1 N–H and O–H groups in total.